The maximum absolute atomic E-state index is 3.72. The van der Waals surface area contributed by atoms with Crippen LogP contribution >= 0.6 is 0 Å². The van der Waals surface area contributed by atoms with Gasteiger partial charge in [0, 0.05) is 0 Å². The molecule has 2 aliphatic carbocycles. The number of halogens is 2. The SMILES string of the molecule is CC(C)(C)C1=[C-]C(C(C)(C)C)=C(C(C)(C)C)C1.CC(C)(C)C1=[C-]C(C(C)(C)C)=C(C(C)(C)C)C1.[Cl-].[Cl-].[Zr+4]. The molecule has 0 saturated carbocycles. The molecule has 0 aliphatic heterocycles. The van der Waals surface area contributed by atoms with Crippen LogP contribution in [-0.4, -0.2) is 0 Å². The number of hydrogen-bond acceptors (Lipinski definition) is 0. The van der Waals surface area contributed by atoms with Crippen molar-refractivity contribution in [3.05, 3.63) is 45.6 Å². The summed E-state index contributed by atoms with van der Waals surface area (Å²) in [5.74, 6) is 0. The van der Waals surface area contributed by atoms with Crippen LogP contribution < -0.4 is 24.8 Å². The minimum atomic E-state index is 0. The molecule has 0 unspecified atom stereocenters. The molecule has 0 aromatic heterocycles. The average molecular weight is 629 g/mol. The third kappa shape index (κ3) is 11.8. The Balaban J connectivity index is -0.000000578. The quantitative estimate of drug-likeness (QED) is 0.327. The second kappa shape index (κ2) is 13.4. The minimum Gasteiger partial charge on any atom is -1.00 e. The Morgan fingerprint density at radius 1 is 0.378 bits per heavy atom. The van der Waals surface area contributed by atoms with Crippen LogP contribution in [0.3, 0.4) is 0 Å². The van der Waals surface area contributed by atoms with Crippen molar-refractivity contribution in [1.29, 1.82) is 0 Å². The third-order valence-corrected chi connectivity index (χ3v) is 6.98. The summed E-state index contributed by atoms with van der Waals surface area (Å²) in [5.41, 5.74) is 10.4. The van der Waals surface area contributed by atoms with Crippen LogP contribution in [0.4, 0.5) is 0 Å². The van der Waals surface area contributed by atoms with Crippen molar-refractivity contribution >= 4 is 0 Å². The van der Waals surface area contributed by atoms with Gasteiger partial charge in [0.05, 0.1) is 0 Å². The summed E-state index contributed by atoms with van der Waals surface area (Å²) in [6.45, 7) is 41.5. The summed E-state index contributed by atoms with van der Waals surface area (Å²) in [7, 11) is 0. The zero-order valence-electron chi connectivity index (χ0n) is 27.7. The Labute approximate surface area is 265 Å². The van der Waals surface area contributed by atoms with Crippen LogP contribution in [-0.2, 0) is 26.2 Å². The van der Waals surface area contributed by atoms with Gasteiger partial charge in [-0.2, -0.15) is 11.1 Å². The largest absolute Gasteiger partial charge is 4.00 e. The molecular formula is C34H58Cl2Zr. The van der Waals surface area contributed by atoms with E-state index in [1.54, 1.807) is 11.1 Å². The number of rotatable bonds is 0. The van der Waals surface area contributed by atoms with E-state index < -0.39 is 0 Å². The van der Waals surface area contributed by atoms with Crippen molar-refractivity contribution in [3.63, 3.8) is 0 Å². The van der Waals surface area contributed by atoms with E-state index >= 15 is 0 Å². The van der Waals surface area contributed by atoms with Gasteiger partial charge in [-0.1, -0.05) is 148 Å². The summed E-state index contributed by atoms with van der Waals surface area (Å²) in [5, 5.41) is 0. The molecule has 0 radical (unpaired) electrons. The Kier molecular flexibility index (Phi) is 15.2. The Hall–Kier alpha value is 0.423. The van der Waals surface area contributed by atoms with E-state index in [0.29, 0.717) is 0 Å². The minimum absolute atomic E-state index is 0. The van der Waals surface area contributed by atoms with Crippen molar-refractivity contribution in [3.8, 4) is 0 Å². The van der Waals surface area contributed by atoms with Crippen LogP contribution in [0.1, 0.15) is 137 Å². The second-order valence-corrected chi connectivity index (χ2v) is 16.8. The second-order valence-electron chi connectivity index (χ2n) is 16.8. The Morgan fingerprint density at radius 3 is 0.703 bits per heavy atom. The van der Waals surface area contributed by atoms with Gasteiger partial charge in [0.1, 0.15) is 0 Å². The molecule has 0 aromatic carbocycles. The summed E-state index contributed by atoms with van der Waals surface area (Å²) < 4.78 is 0. The zero-order chi connectivity index (χ0) is 27.3. The molecule has 0 spiro atoms. The summed E-state index contributed by atoms with van der Waals surface area (Å²) in [6, 6.07) is 0. The number of hydrogen-bond donors (Lipinski definition) is 0. The summed E-state index contributed by atoms with van der Waals surface area (Å²) >= 11 is 0. The molecule has 0 N–H and O–H groups in total. The molecule has 0 bridgehead atoms. The molecular weight excluding hydrogens is 571 g/mol. The van der Waals surface area contributed by atoms with E-state index in [-0.39, 0.29) is 83.5 Å². The van der Waals surface area contributed by atoms with Gasteiger partial charge in [0.2, 0.25) is 0 Å². The molecule has 0 nitrogen and oxygen atoms in total. The molecule has 0 heterocycles. The van der Waals surface area contributed by atoms with Gasteiger partial charge in [-0.25, -0.2) is 34.4 Å². The maximum Gasteiger partial charge on any atom is 4.00 e. The van der Waals surface area contributed by atoms with Crippen LogP contribution in [0.15, 0.2) is 33.4 Å². The normalized spacial score (nSPS) is 17.2. The molecule has 2 aliphatic rings. The van der Waals surface area contributed by atoms with E-state index in [9.17, 15) is 0 Å². The van der Waals surface area contributed by atoms with Crippen LogP contribution in [0.2, 0.25) is 0 Å². The first-order valence-electron chi connectivity index (χ1n) is 13.4. The smallest absolute Gasteiger partial charge is 1.00 e. The topological polar surface area (TPSA) is 0 Å². The van der Waals surface area contributed by atoms with Crippen molar-refractivity contribution in [1.82, 2.24) is 0 Å². The van der Waals surface area contributed by atoms with E-state index in [1.807, 2.05) is 0 Å². The Bertz CT molecular complexity index is 806. The van der Waals surface area contributed by atoms with Gasteiger partial charge in [0.25, 0.3) is 0 Å². The summed E-state index contributed by atoms with van der Waals surface area (Å²) in [4.78, 5) is 0. The predicted molar refractivity (Wildman–Crippen MR) is 154 cm³/mol. The van der Waals surface area contributed by atoms with Crippen molar-refractivity contribution < 1.29 is 51.0 Å². The average Bonchev–Trinajstić information content (AvgIpc) is 3.18. The number of allylic oxidation sites excluding steroid dienone is 8. The maximum atomic E-state index is 3.72. The van der Waals surface area contributed by atoms with Crippen LogP contribution in [0.5, 0.6) is 0 Å². The van der Waals surface area contributed by atoms with Crippen LogP contribution in [0.25, 0.3) is 0 Å². The first-order valence-corrected chi connectivity index (χ1v) is 13.4. The van der Waals surface area contributed by atoms with Crippen molar-refractivity contribution in [2.75, 3.05) is 0 Å². The fourth-order valence-corrected chi connectivity index (χ4v) is 4.54. The zero-order valence-corrected chi connectivity index (χ0v) is 31.6. The fraction of sp³-hybridized carbons (Fsp3) is 0.765. The Morgan fingerprint density at radius 2 is 0.595 bits per heavy atom. The molecule has 0 aromatic rings. The molecule has 37 heavy (non-hydrogen) atoms. The summed E-state index contributed by atoms with van der Waals surface area (Å²) in [6.07, 6.45) is 9.67. The third-order valence-electron chi connectivity index (χ3n) is 6.98. The molecule has 0 atom stereocenters. The van der Waals surface area contributed by atoms with Gasteiger partial charge in [-0.3, -0.25) is 0 Å². The molecule has 0 amide bonds. The van der Waals surface area contributed by atoms with Crippen molar-refractivity contribution in [2.24, 2.45) is 32.5 Å². The standard InChI is InChI=1S/2C17H29.2ClH.Zr/c2*1-15(2,3)12-10-13(16(4,5)6)14(11-12)17(7,8)9;;;/h2*10H2,1-9H3;2*1H;/q2*-1;;;+4/p-2. The van der Waals surface area contributed by atoms with Gasteiger partial charge in [-0.15, -0.1) is 0 Å². The van der Waals surface area contributed by atoms with Crippen molar-refractivity contribution in [2.45, 2.75) is 137 Å². The molecule has 0 fully saturated rings. The van der Waals surface area contributed by atoms with E-state index in [1.165, 1.54) is 22.3 Å². The van der Waals surface area contributed by atoms with Gasteiger partial charge in [-0.05, 0) is 21.7 Å². The first-order chi connectivity index (χ1) is 14.7. The molecule has 2 rings (SSSR count). The first kappa shape index (κ1) is 41.9. The van der Waals surface area contributed by atoms with Crippen LogP contribution in [0, 0.1) is 44.6 Å². The van der Waals surface area contributed by atoms with Gasteiger partial charge < -0.3 is 24.8 Å². The van der Waals surface area contributed by atoms with Gasteiger partial charge in [0.15, 0.2) is 0 Å². The van der Waals surface area contributed by atoms with E-state index in [0.717, 1.165) is 12.8 Å². The van der Waals surface area contributed by atoms with Gasteiger partial charge >= 0.3 is 26.2 Å². The fourth-order valence-electron chi connectivity index (χ4n) is 4.54. The predicted octanol–water partition coefficient (Wildman–Crippen LogP) is 5.11. The monoisotopic (exact) mass is 626 g/mol. The van der Waals surface area contributed by atoms with E-state index in [2.05, 4.69) is 137 Å². The van der Waals surface area contributed by atoms with E-state index in [4.69, 9.17) is 0 Å². The molecule has 0 saturated heterocycles. The molecule has 212 valence electrons. The molecule has 3 heteroatoms.